The fraction of sp³-hybridized carbons (Fsp3) is 0.429. The minimum absolute atomic E-state index is 0.424. The Hall–Kier alpha value is -0.600. The highest BCUT2D eigenvalue weighted by Gasteiger charge is 2.30. The van der Waals surface area contributed by atoms with E-state index in [-0.39, 0.29) is 0 Å². The van der Waals surface area contributed by atoms with Gasteiger partial charge in [0.25, 0.3) is 0 Å². The number of hydrogen-bond acceptors (Lipinski definition) is 1. The maximum absolute atomic E-state index is 3.79. The smallest absolute Gasteiger partial charge is 0.0221 e. The van der Waals surface area contributed by atoms with Crippen LogP contribution < -0.4 is 5.32 Å². The zero-order valence-corrected chi connectivity index (χ0v) is 11.2. The summed E-state index contributed by atoms with van der Waals surface area (Å²) < 4.78 is 1.18. The molecule has 0 spiro atoms. The van der Waals surface area contributed by atoms with Gasteiger partial charge in [0.2, 0.25) is 0 Å². The van der Waals surface area contributed by atoms with Crippen LogP contribution in [0.25, 0.3) is 0 Å². The van der Waals surface area contributed by atoms with Crippen LogP contribution in [0.5, 0.6) is 0 Å². The van der Waals surface area contributed by atoms with Gasteiger partial charge in [0, 0.05) is 16.6 Å². The highest BCUT2D eigenvalue weighted by Crippen LogP contribution is 2.37. The topological polar surface area (TPSA) is 12.0 Å². The van der Waals surface area contributed by atoms with Crippen molar-refractivity contribution in [3.05, 3.63) is 47.0 Å². The second-order valence-electron chi connectivity index (χ2n) is 4.61. The summed E-state index contributed by atoms with van der Waals surface area (Å²) in [5, 5.41) is 3.55. The Morgan fingerprint density at radius 1 is 1.50 bits per heavy atom. The summed E-state index contributed by atoms with van der Waals surface area (Å²) in [6.45, 7) is 5.94. The first-order chi connectivity index (χ1) is 7.69. The Kier molecular flexibility index (Phi) is 3.82. The molecule has 0 aliphatic heterocycles. The molecule has 1 N–H and O–H groups in total. The van der Waals surface area contributed by atoms with Crippen molar-refractivity contribution in [2.24, 2.45) is 0 Å². The van der Waals surface area contributed by atoms with Crippen molar-refractivity contribution in [1.29, 1.82) is 0 Å². The van der Waals surface area contributed by atoms with Crippen LogP contribution in [-0.4, -0.2) is 12.1 Å². The molecular formula is C14H18BrN. The second-order valence-corrected chi connectivity index (χ2v) is 5.53. The third-order valence-electron chi connectivity index (χ3n) is 3.31. The molecule has 1 nitrogen and oxygen atoms in total. The van der Waals surface area contributed by atoms with Gasteiger partial charge >= 0.3 is 0 Å². The van der Waals surface area contributed by atoms with Gasteiger partial charge in [0.15, 0.2) is 0 Å². The molecule has 86 valence electrons. The van der Waals surface area contributed by atoms with E-state index in [9.17, 15) is 0 Å². The molecule has 1 aliphatic rings. The Balaban J connectivity index is 1.86. The standard InChI is InChI=1S/C14H18BrN/c1-3-10(2)16-14-8-12(9-14)11-5-4-6-13(15)7-11/h3-7,10,12,14,16H,1,8-9H2,2H3. The quantitative estimate of drug-likeness (QED) is 0.826. The monoisotopic (exact) mass is 279 g/mol. The molecule has 1 aromatic rings. The predicted octanol–water partition coefficient (Wildman–Crippen LogP) is 3.86. The van der Waals surface area contributed by atoms with Crippen LogP contribution >= 0.6 is 15.9 Å². The lowest BCUT2D eigenvalue weighted by Crippen LogP contribution is -2.43. The number of halogens is 1. The van der Waals surface area contributed by atoms with Gasteiger partial charge in [-0.1, -0.05) is 34.1 Å². The van der Waals surface area contributed by atoms with Gasteiger partial charge in [-0.05, 0) is 43.4 Å². The van der Waals surface area contributed by atoms with E-state index in [0.717, 1.165) is 5.92 Å². The third kappa shape index (κ3) is 2.74. The molecule has 1 fully saturated rings. The fourth-order valence-corrected chi connectivity index (χ4v) is 2.64. The van der Waals surface area contributed by atoms with Gasteiger partial charge in [-0.2, -0.15) is 0 Å². The van der Waals surface area contributed by atoms with Crippen LogP contribution in [0.4, 0.5) is 0 Å². The van der Waals surface area contributed by atoms with Crippen LogP contribution in [0.1, 0.15) is 31.2 Å². The first kappa shape index (κ1) is 11.9. The molecule has 1 unspecified atom stereocenters. The summed E-state index contributed by atoms with van der Waals surface area (Å²) >= 11 is 3.52. The van der Waals surface area contributed by atoms with E-state index in [0.29, 0.717) is 12.1 Å². The van der Waals surface area contributed by atoms with Gasteiger partial charge in [-0.25, -0.2) is 0 Å². The van der Waals surface area contributed by atoms with Crippen molar-refractivity contribution < 1.29 is 0 Å². The molecule has 1 saturated carbocycles. The average Bonchev–Trinajstić information content (AvgIpc) is 2.22. The second kappa shape index (κ2) is 5.15. The molecule has 1 aliphatic carbocycles. The molecule has 0 radical (unpaired) electrons. The van der Waals surface area contributed by atoms with E-state index in [1.54, 1.807) is 0 Å². The van der Waals surface area contributed by atoms with Gasteiger partial charge in [-0.15, -0.1) is 6.58 Å². The van der Waals surface area contributed by atoms with Gasteiger partial charge in [0.1, 0.15) is 0 Å². The number of nitrogens with one attached hydrogen (secondary N) is 1. The lowest BCUT2D eigenvalue weighted by atomic mass is 9.75. The zero-order chi connectivity index (χ0) is 11.5. The molecule has 0 heterocycles. The maximum atomic E-state index is 3.79. The molecular weight excluding hydrogens is 262 g/mol. The van der Waals surface area contributed by atoms with Gasteiger partial charge in [-0.3, -0.25) is 0 Å². The highest BCUT2D eigenvalue weighted by atomic mass is 79.9. The third-order valence-corrected chi connectivity index (χ3v) is 3.80. The molecule has 2 heteroatoms. The Morgan fingerprint density at radius 3 is 2.88 bits per heavy atom. The summed E-state index contributed by atoms with van der Waals surface area (Å²) in [7, 11) is 0. The summed E-state index contributed by atoms with van der Waals surface area (Å²) in [6, 6.07) is 9.75. The maximum Gasteiger partial charge on any atom is 0.0221 e. The van der Waals surface area contributed by atoms with E-state index < -0.39 is 0 Å². The Labute approximate surface area is 106 Å². The van der Waals surface area contributed by atoms with E-state index in [2.05, 4.69) is 59.0 Å². The first-order valence-electron chi connectivity index (χ1n) is 5.83. The van der Waals surface area contributed by atoms with Crippen LogP contribution in [-0.2, 0) is 0 Å². The molecule has 0 aromatic heterocycles. The van der Waals surface area contributed by atoms with Gasteiger partial charge < -0.3 is 5.32 Å². The van der Waals surface area contributed by atoms with Crippen LogP contribution in [0.3, 0.4) is 0 Å². The van der Waals surface area contributed by atoms with E-state index in [4.69, 9.17) is 0 Å². The van der Waals surface area contributed by atoms with E-state index in [1.165, 1.54) is 22.9 Å². The summed E-state index contributed by atoms with van der Waals surface area (Å²) in [6.07, 6.45) is 4.45. The largest absolute Gasteiger partial charge is 0.308 e. The predicted molar refractivity (Wildman–Crippen MR) is 72.7 cm³/mol. The summed E-state index contributed by atoms with van der Waals surface area (Å²) in [4.78, 5) is 0. The van der Waals surface area contributed by atoms with Crippen molar-refractivity contribution in [1.82, 2.24) is 5.32 Å². The van der Waals surface area contributed by atoms with Crippen molar-refractivity contribution >= 4 is 15.9 Å². The molecule has 2 rings (SSSR count). The number of benzene rings is 1. The number of rotatable bonds is 4. The Bertz CT molecular complexity index is 369. The summed E-state index contributed by atoms with van der Waals surface area (Å²) in [5.74, 6) is 0.729. The zero-order valence-electron chi connectivity index (χ0n) is 9.62. The lowest BCUT2D eigenvalue weighted by molar-refractivity contribution is 0.282. The molecule has 0 saturated heterocycles. The highest BCUT2D eigenvalue weighted by molar-refractivity contribution is 9.10. The van der Waals surface area contributed by atoms with Crippen molar-refractivity contribution in [2.75, 3.05) is 0 Å². The van der Waals surface area contributed by atoms with Crippen LogP contribution in [0.15, 0.2) is 41.4 Å². The van der Waals surface area contributed by atoms with Crippen molar-refractivity contribution in [3.63, 3.8) is 0 Å². The lowest BCUT2D eigenvalue weighted by Gasteiger charge is -2.37. The van der Waals surface area contributed by atoms with E-state index in [1.807, 2.05) is 6.08 Å². The number of hydrogen-bond donors (Lipinski definition) is 1. The summed E-state index contributed by atoms with van der Waals surface area (Å²) in [5.41, 5.74) is 1.46. The van der Waals surface area contributed by atoms with Crippen LogP contribution in [0.2, 0.25) is 0 Å². The van der Waals surface area contributed by atoms with Crippen molar-refractivity contribution in [2.45, 2.75) is 37.8 Å². The molecule has 0 amide bonds. The van der Waals surface area contributed by atoms with Crippen molar-refractivity contribution in [3.8, 4) is 0 Å². The first-order valence-corrected chi connectivity index (χ1v) is 6.62. The Morgan fingerprint density at radius 2 is 2.25 bits per heavy atom. The molecule has 1 atom stereocenters. The van der Waals surface area contributed by atoms with Crippen LogP contribution in [0, 0.1) is 0 Å². The average molecular weight is 280 g/mol. The van der Waals surface area contributed by atoms with Gasteiger partial charge in [0.05, 0.1) is 0 Å². The fourth-order valence-electron chi connectivity index (χ4n) is 2.23. The molecule has 1 aromatic carbocycles. The minimum atomic E-state index is 0.424. The van der Waals surface area contributed by atoms with E-state index >= 15 is 0 Å². The normalized spacial score (nSPS) is 25.9. The molecule has 0 bridgehead atoms. The minimum Gasteiger partial charge on any atom is -0.308 e. The molecule has 16 heavy (non-hydrogen) atoms. The SMILES string of the molecule is C=CC(C)NC1CC(c2cccc(Br)c2)C1.